The number of carbonyl (C=O) groups is 1. The average Bonchev–Trinajstić information content (AvgIpc) is 2.71. The molecule has 0 spiro atoms. The zero-order valence-electron chi connectivity index (χ0n) is 8.26. The molecular formula is C9H9N3O2S. The molecule has 0 aliphatic carbocycles. The van der Waals surface area contributed by atoms with Gasteiger partial charge in [0.25, 0.3) is 0 Å². The van der Waals surface area contributed by atoms with Gasteiger partial charge in [-0.25, -0.2) is 9.78 Å². The van der Waals surface area contributed by atoms with Crippen LogP contribution < -0.4 is 0 Å². The molecule has 2 rings (SSSR count). The van der Waals surface area contributed by atoms with Gasteiger partial charge in [-0.3, -0.25) is 4.68 Å². The Morgan fingerprint density at radius 2 is 2.33 bits per heavy atom. The number of aromatic carboxylic acids is 1. The van der Waals surface area contributed by atoms with Crippen LogP contribution >= 0.6 is 11.3 Å². The molecular weight excluding hydrogens is 214 g/mol. The van der Waals surface area contributed by atoms with Gasteiger partial charge in [-0.2, -0.15) is 5.10 Å². The van der Waals surface area contributed by atoms with E-state index in [1.807, 2.05) is 20.2 Å². The van der Waals surface area contributed by atoms with Crippen LogP contribution in [0.2, 0.25) is 0 Å². The Morgan fingerprint density at radius 3 is 2.80 bits per heavy atom. The monoisotopic (exact) mass is 223 g/mol. The summed E-state index contributed by atoms with van der Waals surface area (Å²) in [5.41, 5.74) is 2.39. The van der Waals surface area contributed by atoms with Crippen LogP contribution in [0.3, 0.4) is 0 Å². The molecule has 0 unspecified atom stereocenters. The summed E-state index contributed by atoms with van der Waals surface area (Å²) in [5.74, 6) is -0.993. The zero-order chi connectivity index (χ0) is 11.0. The number of thiazole rings is 1. The van der Waals surface area contributed by atoms with Crippen molar-refractivity contribution in [3.05, 3.63) is 22.3 Å². The maximum absolute atomic E-state index is 10.7. The summed E-state index contributed by atoms with van der Waals surface area (Å²) < 4.78 is 1.68. The SMILES string of the molecule is Cc1nn(C)cc1-c1csc(C(=O)O)n1. The van der Waals surface area contributed by atoms with Crippen molar-refractivity contribution >= 4 is 17.3 Å². The van der Waals surface area contributed by atoms with Crippen LogP contribution in [-0.2, 0) is 7.05 Å². The van der Waals surface area contributed by atoms with E-state index >= 15 is 0 Å². The Morgan fingerprint density at radius 1 is 1.60 bits per heavy atom. The van der Waals surface area contributed by atoms with Crippen LogP contribution in [0, 0.1) is 6.92 Å². The first-order valence-electron chi connectivity index (χ1n) is 4.27. The van der Waals surface area contributed by atoms with E-state index in [9.17, 15) is 4.79 Å². The Labute approximate surface area is 90.0 Å². The highest BCUT2D eigenvalue weighted by molar-refractivity contribution is 7.11. The molecule has 2 aromatic rings. The van der Waals surface area contributed by atoms with Crippen LogP contribution in [0.15, 0.2) is 11.6 Å². The zero-order valence-corrected chi connectivity index (χ0v) is 9.08. The molecule has 0 aliphatic rings. The lowest BCUT2D eigenvalue weighted by molar-refractivity contribution is 0.0696. The maximum atomic E-state index is 10.7. The van der Waals surface area contributed by atoms with Crippen LogP contribution in [0.1, 0.15) is 15.5 Å². The van der Waals surface area contributed by atoms with E-state index in [1.165, 1.54) is 0 Å². The standard InChI is InChI=1S/C9H9N3O2S/c1-5-6(3-12(2)11-5)7-4-15-8(10-7)9(13)14/h3-4H,1-2H3,(H,13,14). The molecule has 0 saturated heterocycles. The molecule has 0 atom stereocenters. The fourth-order valence-electron chi connectivity index (χ4n) is 1.35. The second kappa shape index (κ2) is 3.47. The summed E-state index contributed by atoms with van der Waals surface area (Å²) in [6.07, 6.45) is 1.83. The molecule has 0 bridgehead atoms. The molecule has 0 saturated carbocycles. The minimum atomic E-state index is -0.993. The Hall–Kier alpha value is -1.69. The molecule has 1 N–H and O–H groups in total. The van der Waals surface area contributed by atoms with Crippen molar-refractivity contribution in [2.45, 2.75) is 6.92 Å². The van der Waals surface area contributed by atoms with Gasteiger partial charge >= 0.3 is 5.97 Å². The summed E-state index contributed by atoms with van der Waals surface area (Å²) in [4.78, 5) is 14.7. The fraction of sp³-hybridized carbons (Fsp3) is 0.222. The van der Waals surface area contributed by atoms with E-state index in [0.717, 1.165) is 22.6 Å². The summed E-state index contributed by atoms with van der Waals surface area (Å²) in [6, 6.07) is 0. The number of aryl methyl sites for hydroxylation is 2. The average molecular weight is 223 g/mol. The van der Waals surface area contributed by atoms with Crippen LogP contribution in [-0.4, -0.2) is 25.8 Å². The minimum absolute atomic E-state index is 0.105. The molecule has 2 aromatic heterocycles. The lowest BCUT2D eigenvalue weighted by Crippen LogP contribution is -1.94. The number of aromatic nitrogens is 3. The number of carboxylic acids is 1. The van der Waals surface area contributed by atoms with Gasteiger partial charge in [-0.15, -0.1) is 11.3 Å². The van der Waals surface area contributed by atoms with E-state index in [1.54, 1.807) is 10.1 Å². The van der Waals surface area contributed by atoms with E-state index in [-0.39, 0.29) is 5.01 Å². The summed E-state index contributed by atoms with van der Waals surface area (Å²) >= 11 is 1.12. The third-order valence-corrected chi connectivity index (χ3v) is 2.81. The third-order valence-electron chi connectivity index (χ3n) is 1.98. The van der Waals surface area contributed by atoms with Crippen molar-refractivity contribution in [2.24, 2.45) is 7.05 Å². The minimum Gasteiger partial charge on any atom is -0.476 e. The van der Waals surface area contributed by atoms with Gasteiger partial charge in [0.15, 0.2) is 0 Å². The van der Waals surface area contributed by atoms with Crippen LogP contribution in [0.25, 0.3) is 11.3 Å². The molecule has 2 heterocycles. The fourth-order valence-corrected chi connectivity index (χ4v) is 2.00. The van der Waals surface area contributed by atoms with Gasteiger partial charge in [-0.1, -0.05) is 0 Å². The first kappa shape index (κ1) is 9.85. The molecule has 6 heteroatoms. The molecule has 0 aromatic carbocycles. The highest BCUT2D eigenvalue weighted by Crippen LogP contribution is 2.23. The van der Waals surface area contributed by atoms with Gasteiger partial charge in [-0.05, 0) is 6.92 Å². The predicted octanol–water partition coefficient (Wildman–Crippen LogP) is 1.55. The molecule has 15 heavy (non-hydrogen) atoms. The molecule has 0 radical (unpaired) electrons. The van der Waals surface area contributed by atoms with Gasteiger partial charge in [0.05, 0.1) is 11.4 Å². The highest BCUT2D eigenvalue weighted by Gasteiger charge is 2.13. The Bertz CT molecular complexity index is 515. The van der Waals surface area contributed by atoms with Crippen molar-refractivity contribution in [3.8, 4) is 11.3 Å². The van der Waals surface area contributed by atoms with E-state index in [0.29, 0.717) is 5.69 Å². The van der Waals surface area contributed by atoms with Crippen molar-refractivity contribution in [1.82, 2.24) is 14.8 Å². The van der Waals surface area contributed by atoms with Crippen molar-refractivity contribution in [3.63, 3.8) is 0 Å². The lowest BCUT2D eigenvalue weighted by atomic mass is 10.2. The summed E-state index contributed by atoms with van der Waals surface area (Å²) in [7, 11) is 1.82. The maximum Gasteiger partial charge on any atom is 0.365 e. The van der Waals surface area contributed by atoms with Crippen molar-refractivity contribution in [2.75, 3.05) is 0 Å². The van der Waals surface area contributed by atoms with Crippen LogP contribution in [0.5, 0.6) is 0 Å². The van der Waals surface area contributed by atoms with Crippen molar-refractivity contribution in [1.29, 1.82) is 0 Å². The molecule has 0 fully saturated rings. The number of carboxylic acid groups (broad SMARTS) is 1. The van der Waals surface area contributed by atoms with Gasteiger partial charge in [0.2, 0.25) is 5.01 Å². The number of rotatable bonds is 2. The number of hydrogen-bond acceptors (Lipinski definition) is 4. The first-order chi connectivity index (χ1) is 7.08. The third kappa shape index (κ3) is 1.75. The second-order valence-corrected chi connectivity index (χ2v) is 4.00. The van der Waals surface area contributed by atoms with Crippen molar-refractivity contribution < 1.29 is 9.90 Å². The van der Waals surface area contributed by atoms with E-state index < -0.39 is 5.97 Å². The molecule has 0 aliphatic heterocycles. The summed E-state index contributed by atoms with van der Waals surface area (Å²) in [5, 5.41) is 14.8. The van der Waals surface area contributed by atoms with Crippen LogP contribution in [0.4, 0.5) is 0 Å². The molecule has 78 valence electrons. The van der Waals surface area contributed by atoms with Gasteiger partial charge < -0.3 is 5.11 Å². The number of nitrogens with zero attached hydrogens (tertiary/aromatic N) is 3. The largest absolute Gasteiger partial charge is 0.476 e. The first-order valence-corrected chi connectivity index (χ1v) is 5.15. The second-order valence-electron chi connectivity index (χ2n) is 3.14. The summed E-state index contributed by atoms with van der Waals surface area (Å²) in [6.45, 7) is 1.87. The Kier molecular flexibility index (Phi) is 2.28. The lowest BCUT2D eigenvalue weighted by Gasteiger charge is -1.90. The Balaban J connectivity index is 2.45. The van der Waals surface area contributed by atoms with Gasteiger partial charge in [0, 0.05) is 24.2 Å². The number of hydrogen-bond donors (Lipinski definition) is 1. The quantitative estimate of drug-likeness (QED) is 0.838. The highest BCUT2D eigenvalue weighted by atomic mass is 32.1. The molecule has 0 amide bonds. The predicted molar refractivity (Wildman–Crippen MR) is 56.0 cm³/mol. The topological polar surface area (TPSA) is 68.0 Å². The smallest absolute Gasteiger partial charge is 0.365 e. The van der Waals surface area contributed by atoms with Gasteiger partial charge in [0.1, 0.15) is 0 Å². The van der Waals surface area contributed by atoms with E-state index in [4.69, 9.17) is 5.11 Å². The normalized spacial score (nSPS) is 10.5. The molecule has 5 nitrogen and oxygen atoms in total. The van der Waals surface area contributed by atoms with E-state index in [2.05, 4.69) is 10.1 Å².